The van der Waals surface area contributed by atoms with Crippen molar-refractivity contribution in [1.29, 1.82) is 0 Å². The predicted molar refractivity (Wildman–Crippen MR) is 80.7 cm³/mol. The molecular formula is C13H16Cl2N4O. The van der Waals surface area contributed by atoms with Gasteiger partial charge in [-0.05, 0) is 37.1 Å². The van der Waals surface area contributed by atoms with E-state index in [1.807, 2.05) is 17.0 Å². The summed E-state index contributed by atoms with van der Waals surface area (Å²) >= 11 is 11.9. The van der Waals surface area contributed by atoms with Crippen LogP contribution in [0.2, 0.25) is 10.0 Å². The number of nitrogens with zero attached hydrogens (tertiary/aromatic N) is 2. The zero-order valence-electron chi connectivity index (χ0n) is 10.9. The van der Waals surface area contributed by atoms with Crippen molar-refractivity contribution in [2.24, 2.45) is 16.5 Å². The summed E-state index contributed by atoms with van der Waals surface area (Å²) in [4.78, 5) is 17.6. The van der Waals surface area contributed by atoms with E-state index in [4.69, 9.17) is 34.7 Å². The first kappa shape index (κ1) is 15.1. The minimum absolute atomic E-state index is 0.198. The van der Waals surface area contributed by atoms with Gasteiger partial charge in [0, 0.05) is 6.54 Å². The van der Waals surface area contributed by atoms with E-state index < -0.39 is 0 Å². The fraction of sp³-hybridized carbons (Fsp3) is 0.385. The summed E-state index contributed by atoms with van der Waals surface area (Å²) in [7, 11) is 0. The van der Waals surface area contributed by atoms with E-state index in [2.05, 4.69) is 4.99 Å². The van der Waals surface area contributed by atoms with Crippen LogP contribution in [-0.2, 0) is 11.3 Å². The number of nitrogens with two attached hydrogens (primary N) is 2. The number of aliphatic imine (C=N–C) groups is 1. The highest BCUT2D eigenvalue weighted by Gasteiger charge is 2.30. The Kier molecular flexibility index (Phi) is 4.86. The second kappa shape index (κ2) is 6.43. The number of carbonyl (C=O) groups is 1. The Hall–Kier alpha value is -1.30. The summed E-state index contributed by atoms with van der Waals surface area (Å²) in [5.41, 5.74) is 11.5. The fourth-order valence-electron chi connectivity index (χ4n) is 2.37. The van der Waals surface area contributed by atoms with E-state index in [-0.39, 0.29) is 17.9 Å². The number of carbonyl (C=O) groups excluding carboxylic acids is 1. The predicted octanol–water partition coefficient (Wildman–Crippen LogP) is 1.76. The zero-order chi connectivity index (χ0) is 14.7. The van der Waals surface area contributed by atoms with Crippen LogP contribution in [0.5, 0.6) is 0 Å². The lowest BCUT2D eigenvalue weighted by Gasteiger charge is -2.22. The van der Waals surface area contributed by atoms with E-state index >= 15 is 0 Å². The Morgan fingerprint density at radius 1 is 1.35 bits per heavy atom. The molecule has 1 saturated heterocycles. The van der Waals surface area contributed by atoms with Crippen molar-refractivity contribution < 1.29 is 4.79 Å². The number of halogens is 2. The number of amides is 1. The molecule has 5 nitrogen and oxygen atoms in total. The number of likely N-dealkylation sites (tertiary alicyclic amines) is 1. The van der Waals surface area contributed by atoms with Gasteiger partial charge in [0.2, 0.25) is 0 Å². The molecule has 7 heteroatoms. The van der Waals surface area contributed by atoms with Crippen molar-refractivity contribution in [3.8, 4) is 0 Å². The highest BCUT2D eigenvalue weighted by atomic mass is 35.5. The average Bonchev–Trinajstić information content (AvgIpc) is 2.81. The van der Waals surface area contributed by atoms with Gasteiger partial charge in [0.1, 0.15) is 0 Å². The van der Waals surface area contributed by atoms with Crippen LogP contribution in [0.15, 0.2) is 23.2 Å². The highest BCUT2D eigenvalue weighted by molar-refractivity contribution is 6.42. The van der Waals surface area contributed by atoms with Gasteiger partial charge in [0.15, 0.2) is 5.96 Å². The van der Waals surface area contributed by atoms with Crippen LogP contribution >= 0.6 is 23.2 Å². The van der Waals surface area contributed by atoms with E-state index in [0.717, 1.165) is 24.9 Å². The van der Waals surface area contributed by atoms with Gasteiger partial charge < -0.3 is 11.5 Å². The lowest BCUT2D eigenvalue weighted by molar-refractivity contribution is -0.122. The molecule has 1 unspecified atom stereocenters. The number of rotatable bonds is 3. The maximum absolute atomic E-state index is 11.9. The summed E-state index contributed by atoms with van der Waals surface area (Å²) in [6.07, 6.45) is 1.70. The maximum atomic E-state index is 11.9. The third kappa shape index (κ3) is 3.62. The number of hydrogen-bond donors (Lipinski definition) is 2. The zero-order valence-corrected chi connectivity index (χ0v) is 12.4. The third-order valence-electron chi connectivity index (χ3n) is 3.26. The Bertz CT molecular complexity index is 543. The van der Waals surface area contributed by atoms with Gasteiger partial charge in [-0.1, -0.05) is 29.3 Å². The SMILES string of the molecule is NC(N)=NC(=O)C1CCCN1Cc1ccc(Cl)c(Cl)c1. The molecule has 4 N–H and O–H groups in total. The normalized spacial score (nSPS) is 19.0. The standard InChI is InChI=1S/C13H16Cl2N4O/c14-9-4-3-8(6-10(9)15)7-19-5-1-2-11(19)12(20)18-13(16)17/h3-4,6,11H,1-2,5,7H2,(H4,16,17,18,20). The van der Waals surface area contributed by atoms with Gasteiger partial charge in [-0.3, -0.25) is 9.69 Å². The average molecular weight is 315 g/mol. The van der Waals surface area contributed by atoms with Crippen molar-refractivity contribution >= 4 is 35.1 Å². The highest BCUT2D eigenvalue weighted by Crippen LogP contribution is 2.26. The first-order chi connectivity index (χ1) is 9.47. The van der Waals surface area contributed by atoms with Crippen molar-refractivity contribution in [3.63, 3.8) is 0 Å². The van der Waals surface area contributed by atoms with Crippen LogP contribution in [0.25, 0.3) is 0 Å². The van der Waals surface area contributed by atoms with Gasteiger partial charge in [-0.25, -0.2) is 0 Å². The lowest BCUT2D eigenvalue weighted by Crippen LogP contribution is -2.36. The van der Waals surface area contributed by atoms with Crippen LogP contribution in [-0.4, -0.2) is 29.4 Å². The number of guanidine groups is 1. The van der Waals surface area contributed by atoms with Crippen molar-refractivity contribution in [1.82, 2.24) is 4.90 Å². The van der Waals surface area contributed by atoms with Gasteiger partial charge in [-0.2, -0.15) is 4.99 Å². The fourth-order valence-corrected chi connectivity index (χ4v) is 2.69. The van der Waals surface area contributed by atoms with Gasteiger partial charge >= 0.3 is 0 Å². The molecule has 0 saturated carbocycles. The van der Waals surface area contributed by atoms with E-state index in [9.17, 15) is 4.79 Å². The van der Waals surface area contributed by atoms with Gasteiger partial charge in [0.25, 0.3) is 5.91 Å². The van der Waals surface area contributed by atoms with Gasteiger partial charge in [-0.15, -0.1) is 0 Å². The molecule has 0 aromatic heterocycles. The summed E-state index contributed by atoms with van der Waals surface area (Å²) in [6, 6.07) is 5.19. The minimum atomic E-state index is -0.289. The molecule has 0 bridgehead atoms. The monoisotopic (exact) mass is 314 g/mol. The number of benzene rings is 1. The van der Waals surface area contributed by atoms with Crippen LogP contribution in [0.1, 0.15) is 18.4 Å². The molecule has 1 aromatic carbocycles. The second-order valence-corrected chi connectivity index (χ2v) is 5.57. The van der Waals surface area contributed by atoms with E-state index in [1.165, 1.54) is 0 Å². The van der Waals surface area contributed by atoms with Crippen LogP contribution in [0, 0.1) is 0 Å². The largest absolute Gasteiger partial charge is 0.370 e. The Morgan fingerprint density at radius 2 is 2.10 bits per heavy atom. The molecule has 0 aliphatic carbocycles. The third-order valence-corrected chi connectivity index (χ3v) is 4.00. The first-order valence-corrected chi connectivity index (χ1v) is 7.04. The second-order valence-electron chi connectivity index (χ2n) is 4.75. The molecule has 1 fully saturated rings. The quantitative estimate of drug-likeness (QED) is 0.657. The van der Waals surface area contributed by atoms with Crippen LogP contribution < -0.4 is 11.5 Å². The summed E-state index contributed by atoms with van der Waals surface area (Å²) in [5, 5.41) is 1.03. The molecule has 1 heterocycles. The smallest absolute Gasteiger partial charge is 0.266 e. The summed E-state index contributed by atoms with van der Waals surface area (Å²) in [6.45, 7) is 1.45. The molecule has 1 aliphatic rings. The molecule has 108 valence electrons. The van der Waals surface area contributed by atoms with Crippen LogP contribution in [0.3, 0.4) is 0 Å². The summed E-state index contributed by atoms with van der Waals surface area (Å²) < 4.78 is 0. The van der Waals surface area contributed by atoms with Crippen molar-refractivity contribution in [3.05, 3.63) is 33.8 Å². The van der Waals surface area contributed by atoms with E-state index in [1.54, 1.807) is 6.07 Å². The molecule has 1 amide bonds. The molecule has 0 radical (unpaired) electrons. The Morgan fingerprint density at radius 3 is 2.75 bits per heavy atom. The Balaban J connectivity index is 2.09. The van der Waals surface area contributed by atoms with Crippen molar-refractivity contribution in [2.75, 3.05) is 6.54 Å². The summed E-state index contributed by atoms with van der Waals surface area (Å²) in [5.74, 6) is -0.487. The van der Waals surface area contributed by atoms with E-state index in [0.29, 0.717) is 16.6 Å². The first-order valence-electron chi connectivity index (χ1n) is 6.29. The van der Waals surface area contributed by atoms with Crippen molar-refractivity contribution in [2.45, 2.75) is 25.4 Å². The molecule has 1 aromatic rings. The topological polar surface area (TPSA) is 84.7 Å². The maximum Gasteiger partial charge on any atom is 0.266 e. The molecule has 1 aliphatic heterocycles. The van der Waals surface area contributed by atoms with Gasteiger partial charge in [0.05, 0.1) is 16.1 Å². The molecule has 1 atom stereocenters. The molecular weight excluding hydrogens is 299 g/mol. The lowest BCUT2D eigenvalue weighted by atomic mass is 10.1. The molecule has 20 heavy (non-hydrogen) atoms. The molecule has 2 rings (SSSR count). The molecule has 0 spiro atoms. The Labute approximate surface area is 127 Å². The number of hydrogen-bond acceptors (Lipinski definition) is 2. The van der Waals surface area contributed by atoms with Crippen LogP contribution in [0.4, 0.5) is 0 Å². The minimum Gasteiger partial charge on any atom is -0.370 e.